The monoisotopic (exact) mass is 323 g/mol. The zero-order valence-corrected chi connectivity index (χ0v) is 13.2. The summed E-state index contributed by atoms with van der Waals surface area (Å²) in [5.74, 6) is 1.49. The normalized spacial score (nSPS) is 11.2. The molecule has 0 aliphatic rings. The third-order valence-electron chi connectivity index (χ3n) is 3.02. The fourth-order valence-corrected chi connectivity index (χ4v) is 2.62. The number of aromatic nitrogens is 2. The molecule has 3 aromatic rings. The van der Waals surface area contributed by atoms with Crippen LogP contribution in [0.2, 0.25) is 0 Å². The van der Waals surface area contributed by atoms with E-state index in [2.05, 4.69) is 16.2 Å². The maximum absolute atomic E-state index is 9.35. The SMILES string of the molecule is CCOc1ccc(/C=C(\C#N)c2nc(-c3cccs3)no2)cc1. The Morgan fingerprint density at radius 3 is 2.83 bits per heavy atom. The van der Waals surface area contributed by atoms with Gasteiger partial charge in [-0.15, -0.1) is 11.3 Å². The van der Waals surface area contributed by atoms with E-state index in [4.69, 9.17) is 9.26 Å². The molecule has 0 radical (unpaired) electrons. The second kappa shape index (κ2) is 6.90. The van der Waals surface area contributed by atoms with Crippen molar-refractivity contribution >= 4 is 23.0 Å². The molecule has 0 fully saturated rings. The van der Waals surface area contributed by atoms with Crippen molar-refractivity contribution in [2.24, 2.45) is 0 Å². The van der Waals surface area contributed by atoms with Gasteiger partial charge in [-0.25, -0.2) is 0 Å². The first-order valence-corrected chi connectivity index (χ1v) is 7.90. The second-order valence-electron chi connectivity index (χ2n) is 4.57. The molecule has 114 valence electrons. The molecule has 2 heterocycles. The van der Waals surface area contributed by atoms with Crippen LogP contribution in [0.15, 0.2) is 46.3 Å². The Balaban J connectivity index is 1.86. The Morgan fingerprint density at radius 1 is 1.35 bits per heavy atom. The number of nitriles is 1. The van der Waals surface area contributed by atoms with Crippen LogP contribution in [-0.4, -0.2) is 16.7 Å². The zero-order chi connectivity index (χ0) is 16.1. The third kappa shape index (κ3) is 3.47. The largest absolute Gasteiger partial charge is 0.494 e. The highest BCUT2D eigenvalue weighted by Crippen LogP contribution is 2.24. The van der Waals surface area contributed by atoms with Crippen LogP contribution in [0.25, 0.3) is 22.4 Å². The van der Waals surface area contributed by atoms with Crippen molar-refractivity contribution in [1.82, 2.24) is 10.1 Å². The Kier molecular flexibility index (Phi) is 4.50. The van der Waals surface area contributed by atoms with Crippen LogP contribution in [0, 0.1) is 11.3 Å². The van der Waals surface area contributed by atoms with Gasteiger partial charge in [-0.2, -0.15) is 10.2 Å². The molecule has 2 aromatic heterocycles. The van der Waals surface area contributed by atoms with Gasteiger partial charge < -0.3 is 9.26 Å². The highest BCUT2D eigenvalue weighted by molar-refractivity contribution is 7.13. The molecule has 0 atom stereocenters. The highest BCUT2D eigenvalue weighted by atomic mass is 32.1. The standard InChI is InChI=1S/C17H13N3O2S/c1-2-21-14-7-5-12(6-8-14)10-13(11-18)17-19-16(20-22-17)15-4-3-9-23-15/h3-10H,2H2,1H3/b13-10+. The summed E-state index contributed by atoms with van der Waals surface area (Å²) in [6.45, 7) is 2.55. The number of benzene rings is 1. The summed E-state index contributed by atoms with van der Waals surface area (Å²) in [5, 5.41) is 15.2. The summed E-state index contributed by atoms with van der Waals surface area (Å²) in [6.07, 6.45) is 1.71. The van der Waals surface area contributed by atoms with Gasteiger partial charge in [-0.05, 0) is 42.1 Å². The maximum Gasteiger partial charge on any atom is 0.268 e. The molecule has 5 nitrogen and oxygen atoms in total. The van der Waals surface area contributed by atoms with Gasteiger partial charge in [0.15, 0.2) is 0 Å². The lowest BCUT2D eigenvalue weighted by atomic mass is 10.1. The van der Waals surface area contributed by atoms with E-state index >= 15 is 0 Å². The fourth-order valence-electron chi connectivity index (χ4n) is 1.97. The third-order valence-corrected chi connectivity index (χ3v) is 3.89. The Morgan fingerprint density at radius 2 is 2.17 bits per heavy atom. The van der Waals surface area contributed by atoms with Crippen LogP contribution in [0.3, 0.4) is 0 Å². The molecule has 0 N–H and O–H groups in total. The number of nitrogens with zero attached hydrogens (tertiary/aromatic N) is 3. The molecule has 0 spiro atoms. The predicted octanol–water partition coefficient (Wildman–Crippen LogP) is 4.26. The second-order valence-corrected chi connectivity index (χ2v) is 5.52. The molecule has 6 heteroatoms. The Labute approximate surface area is 137 Å². The maximum atomic E-state index is 9.35. The van der Waals surface area contributed by atoms with Gasteiger partial charge in [0.25, 0.3) is 5.89 Å². The summed E-state index contributed by atoms with van der Waals surface area (Å²) in [6, 6.07) is 13.4. The molecule has 1 aromatic carbocycles. The van der Waals surface area contributed by atoms with E-state index in [0.29, 0.717) is 18.0 Å². The molecule has 23 heavy (non-hydrogen) atoms. The molecule has 0 saturated carbocycles. The lowest BCUT2D eigenvalue weighted by Gasteiger charge is -2.02. The first-order chi connectivity index (χ1) is 11.3. The van der Waals surface area contributed by atoms with Gasteiger partial charge in [-0.3, -0.25) is 0 Å². The van der Waals surface area contributed by atoms with Gasteiger partial charge in [0, 0.05) is 0 Å². The highest BCUT2D eigenvalue weighted by Gasteiger charge is 2.13. The first kappa shape index (κ1) is 15.0. The van der Waals surface area contributed by atoms with E-state index in [1.807, 2.05) is 48.7 Å². The molecular formula is C17H13N3O2S. The smallest absolute Gasteiger partial charge is 0.268 e. The summed E-state index contributed by atoms with van der Waals surface area (Å²) >= 11 is 1.52. The number of hydrogen-bond donors (Lipinski definition) is 0. The van der Waals surface area contributed by atoms with Crippen LogP contribution >= 0.6 is 11.3 Å². The van der Waals surface area contributed by atoms with Crippen molar-refractivity contribution < 1.29 is 9.26 Å². The lowest BCUT2D eigenvalue weighted by molar-refractivity contribution is 0.340. The van der Waals surface area contributed by atoms with Gasteiger partial charge in [0.1, 0.15) is 17.4 Å². The van der Waals surface area contributed by atoms with Crippen molar-refractivity contribution in [3.8, 4) is 22.5 Å². The minimum Gasteiger partial charge on any atom is -0.494 e. The van der Waals surface area contributed by atoms with Crippen LogP contribution in [0.5, 0.6) is 5.75 Å². The van der Waals surface area contributed by atoms with Gasteiger partial charge in [0.05, 0.1) is 11.5 Å². The number of allylic oxidation sites excluding steroid dienone is 1. The summed E-state index contributed by atoms with van der Waals surface area (Å²) in [5.41, 5.74) is 1.19. The molecule has 0 bridgehead atoms. The molecular weight excluding hydrogens is 310 g/mol. The van der Waals surface area contributed by atoms with Gasteiger partial charge in [0.2, 0.25) is 5.82 Å². The average Bonchev–Trinajstić information content (AvgIpc) is 3.25. The minimum absolute atomic E-state index is 0.213. The molecule has 0 aliphatic heterocycles. The van der Waals surface area contributed by atoms with Gasteiger partial charge in [-0.1, -0.05) is 23.4 Å². The number of rotatable bonds is 5. The predicted molar refractivity (Wildman–Crippen MR) is 88.7 cm³/mol. The van der Waals surface area contributed by atoms with Crippen molar-refractivity contribution in [1.29, 1.82) is 5.26 Å². The Bertz CT molecular complexity index is 843. The zero-order valence-electron chi connectivity index (χ0n) is 12.4. The molecule has 3 rings (SSSR count). The number of thiophene rings is 1. The Hall–Kier alpha value is -2.91. The molecule has 0 aliphatic carbocycles. The van der Waals surface area contributed by atoms with Crippen LogP contribution < -0.4 is 4.74 Å². The van der Waals surface area contributed by atoms with Crippen molar-refractivity contribution in [3.63, 3.8) is 0 Å². The minimum atomic E-state index is 0.213. The van der Waals surface area contributed by atoms with E-state index in [9.17, 15) is 5.26 Å². The topological polar surface area (TPSA) is 71.9 Å². The number of ether oxygens (including phenoxy) is 1. The van der Waals surface area contributed by atoms with Crippen LogP contribution in [0.4, 0.5) is 0 Å². The van der Waals surface area contributed by atoms with Crippen molar-refractivity contribution in [2.75, 3.05) is 6.61 Å². The summed E-state index contributed by atoms with van der Waals surface area (Å²) < 4.78 is 10.6. The molecule has 0 amide bonds. The molecule has 0 saturated heterocycles. The van der Waals surface area contributed by atoms with E-state index in [1.165, 1.54) is 11.3 Å². The summed E-state index contributed by atoms with van der Waals surface area (Å²) in [7, 11) is 0. The fraction of sp³-hybridized carbons (Fsp3) is 0.118. The quantitative estimate of drug-likeness (QED) is 0.656. The van der Waals surface area contributed by atoms with E-state index in [1.54, 1.807) is 6.08 Å². The van der Waals surface area contributed by atoms with Crippen LogP contribution in [-0.2, 0) is 0 Å². The van der Waals surface area contributed by atoms with Gasteiger partial charge >= 0.3 is 0 Å². The first-order valence-electron chi connectivity index (χ1n) is 7.02. The average molecular weight is 323 g/mol. The van der Waals surface area contributed by atoms with E-state index in [0.717, 1.165) is 16.2 Å². The van der Waals surface area contributed by atoms with Crippen LogP contribution in [0.1, 0.15) is 18.4 Å². The van der Waals surface area contributed by atoms with E-state index in [-0.39, 0.29) is 5.89 Å². The number of hydrogen-bond acceptors (Lipinski definition) is 6. The van der Waals surface area contributed by atoms with E-state index < -0.39 is 0 Å². The van der Waals surface area contributed by atoms with Crippen molar-refractivity contribution in [2.45, 2.75) is 6.92 Å². The van der Waals surface area contributed by atoms with Crippen molar-refractivity contribution in [3.05, 3.63) is 53.2 Å². The lowest BCUT2D eigenvalue weighted by Crippen LogP contribution is -1.90. The summed E-state index contributed by atoms with van der Waals surface area (Å²) in [4.78, 5) is 5.19. The molecule has 0 unspecified atom stereocenters.